The van der Waals surface area contributed by atoms with E-state index in [0.717, 1.165) is 4.47 Å². The van der Waals surface area contributed by atoms with Crippen molar-refractivity contribution in [3.05, 3.63) is 33.0 Å². The Morgan fingerprint density at radius 3 is 3.06 bits per heavy atom. The maximum atomic E-state index is 11.9. The second kappa shape index (κ2) is 4.93. The third-order valence-corrected chi connectivity index (χ3v) is 2.86. The number of aromatic nitrogens is 3. The molecule has 0 aliphatic heterocycles. The van der Waals surface area contributed by atoms with Crippen molar-refractivity contribution < 1.29 is 0 Å². The molecule has 0 bridgehead atoms. The maximum Gasteiger partial charge on any atom is 0.278 e. The van der Waals surface area contributed by atoms with Crippen molar-refractivity contribution in [2.24, 2.45) is 0 Å². The van der Waals surface area contributed by atoms with Crippen LogP contribution in [0.25, 0.3) is 10.9 Å². The lowest BCUT2D eigenvalue weighted by atomic mass is 10.2. The monoisotopic (exact) mass is 389 g/mol. The summed E-state index contributed by atoms with van der Waals surface area (Å²) in [5, 5.41) is 8.33. The third-order valence-electron chi connectivity index (χ3n) is 1.98. The summed E-state index contributed by atoms with van der Waals surface area (Å²) >= 11 is 5.23. The Morgan fingerprint density at radius 1 is 1.50 bits per heavy atom. The molecule has 0 N–H and O–H groups in total. The molecule has 2 aromatic rings. The second-order valence-corrected chi connectivity index (χ2v) is 4.44. The topological polar surface area (TPSA) is 47.8 Å². The molecular formula is C10H5BrIN3O. The van der Waals surface area contributed by atoms with Gasteiger partial charge in [-0.15, -0.1) is 5.10 Å². The number of rotatable bonds is 1. The van der Waals surface area contributed by atoms with Crippen LogP contribution in [0.2, 0.25) is 0 Å². The first kappa shape index (κ1) is 11.5. The van der Waals surface area contributed by atoms with Crippen LogP contribution < -0.4 is 5.56 Å². The normalized spacial score (nSPS) is 9.88. The van der Waals surface area contributed by atoms with Crippen molar-refractivity contribution in [1.29, 1.82) is 0 Å². The summed E-state index contributed by atoms with van der Waals surface area (Å²) in [6.45, 7) is 0.265. The molecule has 0 fully saturated rings. The average Bonchev–Trinajstić information content (AvgIpc) is 2.28. The van der Waals surface area contributed by atoms with E-state index in [4.69, 9.17) is 0 Å². The molecule has 6 heteroatoms. The number of hydrogen-bond acceptors (Lipinski definition) is 3. The Morgan fingerprint density at radius 2 is 2.31 bits per heavy atom. The van der Waals surface area contributed by atoms with Crippen molar-refractivity contribution in [2.45, 2.75) is 6.54 Å². The van der Waals surface area contributed by atoms with Crippen LogP contribution in [0, 0.1) is 9.85 Å². The van der Waals surface area contributed by atoms with E-state index in [0.29, 0.717) is 10.9 Å². The van der Waals surface area contributed by atoms with Crippen LogP contribution in [-0.4, -0.2) is 15.0 Å². The zero-order chi connectivity index (χ0) is 11.5. The number of hydrogen-bond donors (Lipinski definition) is 0. The van der Waals surface area contributed by atoms with Gasteiger partial charge in [0.1, 0.15) is 12.1 Å². The molecular weight excluding hydrogens is 385 g/mol. The predicted octanol–water partition coefficient (Wildman–Crippen LogP) is 1.95. The van der Waals surface area contributed by atoms with Crippen LogP contribution in [0.4, 0.5) is 0 Å². The Labute approximate surface area is 113 Å². The largest absolute Gasteiger partial charge is 0.278 e. The van der Waals surface area contributed by atoms with Gasteiger partial charge in [-0.2, -0.15) is 4.68 Å². The zero-order valence-corrected chi connectivity index (χ0v) is 11.7. The van der Waals surface area contributed by atoms with Crippen molar-refractivity contribution >= 4 is 49.4 Å². The Kier molecular flexibility index (Phi) is 3.56. The lowest BCUT2D eigenvalue weighted by Crippen LogP contribution is -2.23. The molecule has 0 unspecified atom stereocenters. The predicted molar refractivity (Wildman–Crippen MR) is 73.3 cm³/mol. The van der Waals surface area contributed by atoms with E-state index in [1.54, 1.807) is 18.2 Å². The van der Waals surface area contributed by atoms with Crippen LogP contribution in [0.5, 0.6) is 0 Å². The number of benzene rings is 1. The summed E-state index contributed by atoms with van der Waals surface area (Å²) < 4.78 is 4.81. The molecule has 0 atom stereocenters. The zero-order valence-electron chi connectivity index (χ0n) is 7.94. The molecule has 80 valence electrons. The highest BCUT2D eigenvalue weighted by Gasteiger charge is 2.04. The molecule has 1 heterocycles. The van der Waals surface area contributed by atoms with E-state index < -0.39 is 0 Å². The molecule has 16 heavy (non-hydrogen) atoms. The number of nitrogens with zero attached hydrogens (tertiary/aromatic N) is 3. The Bertz CT molecular complexity index is 656. The minimum absolute atomic E-state index is 0.170. The summed E-state index contributed by atoms with van der Waals surface area (Å²) in [6.07, 6.45) is 0. The van der Waals surface area contributed by atoms with Crippen molar-refractivity contribution in [3.8, 4) is 9.85 Å². The SMILES string of the molecule is O=c1c2ccc(Br)cc2nnn1CC#CI. The molecule has 1 aromatic heterocycles. The van der Waals surface area contributed by atoms with E-state index in [1.165, 1.54) is 4.68 Å². The highest BCUT2D eigenvalue weighted by molar-refractivity contribution is 14.1. The first-order valence-electron chi connectivity index (χ1n) is 4.34. The highest BCUT2D eigenvalue weighted by atomic mass is 127. The molecule has 0 saturated heterocycles. The van der Waals surface area contributed by atoms with Crippen LogP contribution in [0.3, 0.4) is 0 Å². The smallest absolute Gasteiger partial charge is 0.267 e. The fourth-order valence-electron chi connectivity index (χ4n) is 1.26. The molecule has 0 radical (unpaired) electrons. The van der Waals surface area contributed by atoms with Crippen LogP contribution in [0.1, 0.15) is 0 Å². The van der Waals surface area contributed by atoms with E-state index >= 15 is 0 Å². The minimum atomic E-state index is -0.170. The molecule has 0 saturated carbocycles. The maximum absolute atomic E-state index is 11.9. The molecule has 2 rings (SSSR count). The van der Waals surface area contributed by atoms with Crippen molar-refractivity contribution in [2.75, 3.05) is 0 Å². The van der Waals surface area contributed by atoms with Crippen LogP contribution in [-0.2, 0) is 6.54 Å². The average molecular weight is 390 g/mol. The van der Waals surface area contributed by atoms with E-state index in [2.05, 4.69) is 36.1 Å². The molecule has 0 aliphatic carbocycles. The first-order valence-corrected chi connectivity index (χ1v) is 6.21. The van der Waals surface area contributed by atoms with Gasteiger partial charge in [0.05, 0.1) is 5.39 Å². The second-order valence-electron chi connectivity index (χ2n) is 2.98. The van der Waals surface area contributed by atoms with Crippen molar-refractivity contribution in [1.82, 2.24) is 15.0 Å². The summed E-state index contributed by atoms with van der Waals surface area (Å²) in [6, 6.07) is 5.29. The molecule has 0 amide bonds. The van der Waals surface area contributed by atoms with Gasteiger partial charge in [-0.1, -0.05) is 27.1 Å². The van der Waals surface area contributed by atoms with Gasteiger partial charge in [0, 0.05) is 27.1 Å². The van der Waals surface area contributed by atoms with E-state index in [-0.39, 0.29) is 12.1 Å². The number of halogens is 2. The minimum Gasteiger partial charge on any atom is -0.267 e. The first-order chi connectivity index (χ1) is 7.72. The molecule has 0 spiro atoms. The lowest BCUT2D eigenvalue weighted by Gasteiger charge is -2.00. The van der Waals surface area contributed by atoms with Gasteiger partial charge >= 0.3 is 0 Å². The summed E-state index contributed by atoms with van der Waals surface area (Å²) in [4.78, 5) is 11.9. The van der Waals surface area contributed by atoms with Gasteiger partial charge in [-0.05, 0) is 22.1 Å². The number of fused-ring (bicyclic) bond motifs is 1. The van der Waals surface area contributed by atoms with Crippen LogP contribution >= 0.6 is 38.5 Å². The highest BCUT2D eigenvalue weighted by Crippen LogP contribution is 2.14. The van der Waals surface area contributed by atoms with Gasteiger partial charge in [-0.25, -0.2) is 0 Å². The standard InChI is InChI=1S/C10H5BrIN3O/c11-7-2-3-8-9(6-7)13-14-15(10(8)16)5-1-4-12/h2-3,6H,5H2. The Hall–Kier alpha value is -0.940. The fraction of sp³-hybridized carbons (Fsp3) is 0.100. The quantitative estimate of drug-likeness (QED) is 0.553. The molecule has 4 nitrogen and oxygen atoms in total. The molecule has 1 aromatic carbocycles. The summed E-state index contributed by atoms with van der Waals surface area (Å²) in [5.41, 5.74) is 0.412. The lowest BCUT2D eigenvalue weighted by molar-refractivity contribution is 0.620. The van der Waals surface area contributed by atoms with E-state index in [1.807, 2.05) is 22.6 Å². The van der Waals surface area contributed by atoms with Crippen molar-refractivity contribution in [3.63, 3.8) is 0 Å². The van der Waals surface area contributed by atoms with E-state index in [9.17, 15) is 4.79 Å². The van der Waals surface area contributed by atoms with Gasteiger partial charge in [0.25, 0.3) is 5.56 Å². The van der Waals surface area contributed by atoms with Gasteiger partial charge in [0.15, 0.2) is 0 Å². The molecule has 0 aliphatic rings. The van der Waals surface area contributed by atoms with Gasteiger partial charge in [0.2, 0.25) is 0 Å². The summed E-state index contributed by atoms with van der Waals surface area (Å²) in [7, 11) is 0. The Balaban J connectivity index is 2.64. The third kappa shape index (κ3) is 2.25. The van der Waals surface area contributed by atoms with Gasteiger partial charge < -0.3 is 0 Å². The fourth-order valence-corrected chi connectivity index (χ4v) is 1.78. The van der Waals surface area contributed by atoms with Crippen LogP contribution in [0.15, 0.2) is 27.5 Å². The summed E-state index contributed by atoms with van der Waals surface area (Å²) in [5.74, 6) is 2.77. The van der Waals surface area contributed by atoms with Gasteiger partial charge in [-0.3, -0.25) is 4.79 Å².